The predicted molar refractivity (Wildman–Crippen MR) is 121 cm³/mol. The van der Waals surface area contributed by atoms with Gasteiger partial charge >= 0.3 is 0 Å². The smallest absolute Gasteiger partial charge is 0.243 e. The van der Waals surface area contributed by atoms with E-state index in [0.29, 0.717) is 12.5 Å². The fraction of sp³-hybridized carbons (Fsp3) is 0.263. The van der Waals surface area contributed by atoms with Gasteiger partial charge in [-0.3, -0.25) is 9.79 Å². The van der Waals surface area contributed by atoms with Crippen LogP contribution in [0.2, 0.25) is 0 Å². The lowest BCUT2D eigenvalue weighted by Crippen LogP contribution is -2.43. The molecule has 0 heterocycles. The molecule has 0 aliphatic carbocycles. The van der Waals surface area contributed by atoms with Crippen molar-refractivity contribution in [3.8, 4) is 0 Å². The number of nitrogens with one attached hydrogen (secondary N) is 3. The van der Waals surface area contributed by atoms with Gasteiger partial charge in [0.15, 0.2) is 23.4 Å². The summed E-state index contributed by atoms with van der Waals surface area (Å²) in [5, 5.41) is 8.30. The lowest BCUT2D eigenvalue weighted by molar-refractivity contribution is -0.115. The van der Waals surface area contributed by atoms with E-state index >= 15 is 0 Å². The van der Waals surface area contributed by atoms with Crippen LogP contribution in [0.5, 0.6) is 0 Å². The van der Waals surface area contributed by atoms with Gasteiger partial charge in [-0.2, -0.15) is 0 Å². The number of thioether (sulfide) groups is 1. The number of aliphatic imine (C=N–C) groups is 1. The van der Waals surface area contributed by atoms with Gasteiger partial charge in [0.2, 0.25) is 5.91 Å². The van der Waals surface area contributed by atoms with E-state index in [2.05, 4.69) is 27.9 Å². The molecule has 0 saturated carbocycles. The number of guanidine groups is 1. The molecule has 29 heavy (non-hydrogen) atoms. The van der Waals surface area contributed by atoms with Crippen LogP contribution in [0.1, 0.15) is 6.92 Å². The Bertz CT molecular complexity index is 840. The van der Waals surface area contributed by atoms with Crippen molar-refractivity contribution in [2.75, 3.05) is 25.5 Å². The quantitative estimate of drug-likeness (QED) is 0.164. The Balaban J connectivity index is 0.00000420. The molecule has 2 aromatic carbocycles. The van der Waals surface area contributed by atoms with Crippen LogP contribution in [0.15, 0.2) is 52.4 Å². The molecule has 0 aliphatic heterocycles. The van der Waals surface area contributed by atoms with Crippen LogP contribution in [0.25, 0.3) is 0 Å². The van der Waals surface area contributed by atoms with Gasteiger partial charge in [-0.15, -0.1) is 35.7 Å². The average molecular weight is 538 g/mol. The summed E-state index contributed by atoms with van der Waals surface area (Å²) in [6.45, 7) is 2.42. The molecular formula is C19H22F3IN4OS. The Hall–Kier alpha value is -1.95. The van der Waals surface area contributed by atoms with Gasteiger partial charge in [0, 0.05) is 23.7 Å². The number of carbonyl (C=O) groups is 1. The topological polar surface area (TPSA) is 65.5 Å². The van der Waals surface area contributed by atoms with Crippen molar-refractivity contribution < 1.29 is 18.0 Å². The molecule has 0 bridgehead atoms. The van der Waals surface area contributed by atoms with Gasteiger partial charge in [0.05, 0.1) is 12.2 Å². The van der Waals surface area contributed by atoms with E-state index in [4.69, 9.17) is 0 Å². The maximum Gasteiger partial charge on any atom is 0.243 e. The Morgan fingerprint density at radius 2 is 1.76 bits per heavy atom. The molecular weight excluding hydrogens is 516 g/mol. The van der Waals surface area contributed by atoms with Gasteiger partial charge in [0.1, 0.15) is 0 Å². The predicted octanol–water partition coefficient (Wildman–Crippen LogP) is 4.01. The second kappa shape index (κ2) is 12.6. The number of hydrogen-bond donors (Lipinski definition) is 3. The van der Waals surface area contributed by atoms with Crippen LogP contribution in [0.4, 0.5) is 18.9 Å². The van der Waals surface area contributed by atoms with E-state index in [1.54, 1.807) is 18.8 Å². The third-order valence-electron chi connectivity index (χ3n) is 3.59. The zero-order valence-electron chi connectivity index (χ0n) is 15.8. The first-order valence-corrected chi connectivity index (χ1v) is 9.38. The van der Waals surface area contributed by atoms with Gasteiger partial charge < -0.3 is 16.0 Å². The molecule has 0 radical (unpaired) electrons. The van der Waals surface area contributed by atoms with Crippen molar-refractivity contribution in [1.82, 2.24) is 10.6 Å². The third kappa shape index (κ3) is 8.13. The van der Waals surface area contributed by atoms with Gasteiger partial charge in [-0.25, -0.2) is 13.2 Å². The normalized spacial score (nSPS) is 12.0. The van der Waals surface area contributed by atoms with Crippen molar-refractivity contribution in [1.29, 1.82) is 0 Å². The maximum atomic E-state index is 13.6. The van der Waals surface area contributed by atoms with E-state index in [-0.39, 0.29) is 35.8 Å². The summed E-state index contributed by atoms with van der Waals surface area (Å²) in [7, 11) is 1.55. The Kier molecular flexibility index (Phi) is 10.9. The van der Waals surface area contributed by atoms with Crippen molar-refractivity contribution >= 4 is 53.3 Å². The molecule has 0 saturated heterocycles. The molecule has 10 heteroatoms. The van der Waals surface area contributed by atoms with Crippen LogP contribution in [-0.4, -0.2) is 37.3 Å². The largest absolute Gasteiger partial charge is 0.355 e. The zero-order chi connectivity index (χ0) is 20.5. The number of carbonyl (C=O) groups excluding carboxylic acids is 1. The molecule has 1 atom stereocenters. The minimum atomic E-state index is -1.63. The summed E-state index contributed by atoms with van der Waals surface area (Å²) in [5.74, 6) is -4.63. The summed E-state index contributed by atoms with van der Waals surface area (Å²) in [6, 6.07) is 11.6. The summed E-state index contributed by atoms with van der Waals surface area (Å²) >= 11 is 1.69. The maximum absolute atomic E-state index is 13.6. The molecule has 0 fully saturated rings. The number of benzene rings is 2. The first-order chi connectivity index (χ1) is 13.4. The van der Waals surface area contributed by atoms with Crippen molar-refractivity contribution in [3.05, 3.63) is 59.9 Å². The van der Waals surface area contributed by atoms with Crippen LogP contribution >= 0.6 is 35.7 Å². The van der Waals surface area contributed by atoms with E-state index in [9.17, 15) is 18.0 Å². The van der Waals surface area contributed by atoms with Crippen molar-refractivity contribution in [2.24, 2.45) is 4.99 Å². The molecule has 158 valence electrons. The van der Waals surface area contributed by atoms with Crippen molar-refractivity contribution in [3.63, 3.8) is 0 Å². The lowest BCUT2D eigenvalue weighted by Gasteiger charge is -2.16. The lowest BCUT2D eigenvalue weighted by atomic mass is 10.2. The minimum absolute atomic E-state index is 0. The van der Waals surface area contributed by atoms with E-state index in [1.807, 2.05) is 30.3 Å². The first-order valence-electron chi connectivity index (χ1n) is 8.50. The number of amides is 1. The fourth-order valence-electron chi connectivity index (χ4n) is 2.21. The van der Waals surface area contributed by atoms with Crippen LogP contribution < -0.4 is 16.0 Å². The molecule has 2 rings (SSSR count). The Labute approximate surface area is 189 Å². The van der Waals surface area contributed by atoms with Crippen LogP contribution in [0, 0.1) is 17.5 Å². The van der Waals surface area contributed by atoms with Crippen molar-refractivity contribution in [2.45, 2.75) is 17.1 Å². The number of halogens is 4. The molecule has 0 aliphatic rings. The fourth-order valence-corrected chi connectivity index (χ4v) is 3.16. The molecule has 2 aromatic rings. The van der Waals surface area contributed by atoms with E-state index < -0.39 is 29.0 Å². The second-order valence-electron chi connectivity index (χ2n) is 5.82. The summed E-state index contributed by atoms with van der Waals surface area (Å²) in [5.41, 5.74) is -0.429. The SMILES string of the molecule is CN=C(NCC(=O)Nc1ccc(F)c(F)c1F)NCC(C)Sc1ccccc1.I. The highest BCUT2D eigenvalue weighted by molar-refractivity contribution is 14.0. The van der Waals surface area contributed by atoms with Gasteiger partial charge in [-0.1, -0.05) is 25.1 Å². The number of nitrogens with zero attached hydrogens (tertiary/aromatic N) is 1. The minimum Gasteiger partial charge on any atom is -0.355 e. The number of anilines is 1. The standard InChI is InChI=1S/C19H21F3N4OS.HI/c1-12(28-13-6-4-3-5-7-13)10-24-19(23-2)25-11-16(27)26-15-9-8-14(20)17(21)18(15)22;/h3-9,12H,10-11H2,1-2H3,(H,26,27)(H2,23,24,25);1H. The number of rotatable bonds is 7. The summed E-state index contributed by atoms with van der Waals surface area (Å²) < 4.78 is 39.7. The van der Waals surface area contributed by atoms with Crippen LogP contribution in [0.3, 0.4) is 0 Å². The average Bonchev–Trinajstić information content (AvgIpc) is 2.69. The molecule has 5 nitrogen and oxygen atoms in total. The Morgan fingerprint density at radius 1 is 1.07 bits per heavy atom. The molecule has 1 unspecified atom stereocenters. The first kappa shape index (κ1) is 25.1. The summed E-state index contributed by atoms with van der Waals surface area (Å²) in [4.78, 5) is 17.1. The molecule has 0 aromatic heterocycles. The summed E-state index contributed by atoms with van der Waals surface area (Å²) in [6.07, 6.45) is 0. The highest BCUT2D eigenvalue weighted by atomic mass is 127. The number of hydrogen-bond acceptors (Lipinski definition) is 3. The molecule has 1 amide bonds. The second-order valence-corrected chi connectivity index (χ2v) is 7.33. The van der Waals surface area contributed by atoms with Gasteiger partial charge in [0.25, 0.3) is 0 Å². The van der Waals surface area contributed by atoms with Gasteiger partial charge in [-0.05, 0) is 24.3 Å². The molecule has 0 spiro atoms. The third-order valence-corrected chi connectivity index (χ3v) is 4.70. The van der Waals surface area contributed by atoms with E-state index in [0.717, 1.165) is 17.0 Å². The molecule has 3 N–H and O–H groups in total. The van der Waals surface area contributed by atoms with Crippen LogP contribution in [-0.2, 0) is 4.79 Å². The highest BCUT2D eigenvalue weighted by Crippen LogP contribution is 2.22. The Morgan fingerprint density at radius 3 is 2.41 bits per heavy atom. The zero-order valence-corrected chi connectivity index (χ0v) is 19.0. The van der Waals surface area contributed by atoms with E-state index in [1.165, 1.54) is 0 Å². The highest BCUT2D eigenvalue weighted by Gasteiger charge is 2.15. The monoisotopic (exact) mass is 538 g/mol.